The summed E-state index contributed by atoms with van der Waals surface area (Å²) in [6.07, 6.45) is 5.86. The highest BCUT2D eigenvalue weighted by atomic mass is 16.6. The molecule has 3 aliphatic rings. The molecule has 0 aromatic carbocycles. The van der Waals surface area contributed by atoms with Crippen molar-refractivity contribution in [3.05, 3.63) is 23.4 Å². The fraction of sp³-hybridized carbons (Fsp3) is 0.680. The fourth-order valence-corrected chi connectivity index (χ4v) is 4.95. The number of anilines is 1. The highest BCUT2D eigenvalue weighted by Crippen LogP contribution is 2.34. The molecule has 2 unspecified atom stereocenters. The second-order valence-corrected chi connectivity index (χ2v) is 9.81. The lowest BCUT2D eigenvalue weighted by atomic mass is 9.79. The summed E-state index contributed by atoms with van der Waals surface area (Å²) in [7, 11) is 0. The summed E-state index contributed by atoms with van der Waals surface area (Å²) in [5.74, 6) is 0.439. The normalized spacial score (nSPS) is 24.0. The fourth-order valence-electron chi connectivity index (χ4n) is 4.95. The number of ether oxygens (including phenoxy) is 2. The van der Waals surface area contributed by atoms with Crippen molar-refractivity contribution in [3.63, 3.8) is 0 Å². The average molecular weight is 489 g/mol. The standard InChI is InChI=1S/C25H36N4O6/c1-16(30)29-11-8-20(15-29)35-25(33)28-22(24(31)32)9-12-34-21-13-17(14-21)4-6-19-7-5-18-3-2-10-26-23(18)27-19/h5,7,17,20-22H,2-4,6,8-15H2,1H3,(H,26,27)(H,28,33)(H,31,32). The van der Waals surface area contributed by atoms with Crippen molar-refractivity contribution >= 4 is 23.8 Å². The first-order chi connectivity index (χ1) is 16.9. The van der Waals surface area contributed by atoms with Crippen molar-refractivity contribution in [1.82, 2.24) is 15.2 Å². The van der Waals surface area contributed by atoms with Crippen LogP contribution in [0.5, 0.6) is 0 Å². The van der Waals surface area contributed by atoms with Gasteiger partial charge >= 0.3 is 12.1 Å². The average Bonchev–Trinajstić information content (AvgIpc) is 3.27. The van der Waals surface area contributed by atoms with E-state index in [1.807, 2.05) is 0 Å². The Balaban J connectivity index is 1.10. The first-order valence-electron chi connectivity index (χ1n) is 12.7. The van der Waals surface area contributed by atoms with Crippen LogP contribution in [-0.4, -0.2) is 77.5 Å². The van der Waals surface area contributed by atoms with Crippen LogP contribution in [0.25, 0.3) is 0 Å². The molecule has 1 saturated heterocycles. The van der Waals surface area contributed by atoms with Crippen molar-refractivity contribution in [2.24, 2.45) is 5.92 Å². The number of nitrogens with zero attached hydrogens (tertiary/aromatic N) is 2. The van der Waals surface area contributed by atoms with Crippen LogP contribution in [0, 0.1) is 5.92 Å². The largest absolute Gasteiger partial charge is 0.480 e. The number of aromatic nitrogens is 1. The molecule has 3 heterocycles. The van der Waals surface area contributed by atoms with Gasteiger partial charge in [-0.2, -0.15) is 0 Å². The number of hydrogen-bond donors (Lipinski definition) is 3. The van der Waals surface area contributed by atoms with E-state index in [9.17, 15) is 19.5 Å². The number of likely N-dealkylation sites (tertiary alicyclic amines) is 1. The number of hydrogen-bond acceptors (Lipinski definition) is 7. The number of rotatable bonds is 10. The Labute approximate surface area is 205 Å². The molecule has 3 N–H and O–H groups in total. The number of carboxylic acid groups (broad SMARTS) is 1. The van der Waals surface area contributed by atoms with Crippen molar-refractivity contribution in [3.8, 4) is 0 Å². The van der Waals surface area contributed by atoms with Gasteiger partial charge in [0.05, 0.1) is 12.6 Å². The molecule has 2 atom stereocenters. The first-order valence-corrected chi connectivity index (χ1v) is 12.7. The summed E-state index contributed by atoms with van der Waals surface area (Å²) in [4.78, 5) is 41.4. The molecular formula is C25H36N4O6. The van der Waals surface area contributed by atoms with Gasteiger partial charge in [-0.1, -0.05) is 6.07 Å². The van der Waals surface area contributed by atoms with Crippen molar-refractivity contribution < 1.29 is 29.0 Å². The maximum atomic E-state index is 12.1. The lowest BCUT2D eigenvalue weighted by molar-refractivity contribution is -0.140. The molecule has 0 radical (unpaired) electrons. The molecule has 2 aliphatic heterocycles. The number of aliphatic carboxylic acids is 1. The third-order valence-electron chi connectivity index (χ3n) is 7.17. The zero-order valence-electron chi connectivity index (χ0n) is 20.3. The van der Waals surface area contributed by atoms with Crippen molar-refractivity contribution in [2.45, 2.75) is 76.5 Å². The Morgan fingerprint density at radius 3 is 2.86 bits per heavy atom. The maximum absolute atomic E-state index is 12.1. The van der Waals surface area contributed by atoms with Crippen LogP contribution in [0.2, 0.25) is 0 Å². The zero-order chi connectivity index (χ0) is 24.8. The van der Waals surface area contributed by atoms with Gasteiger partial charge in [-0.05, 0) is 56.1 Å². The van der Waals surface area contributed by atoms with E-state index in [-0.39, 0.29) is 25.0 Å². The molecule has 1 aromatic rings. The number of amides is 2. The minimum absolute atomic E-state index is 0.0668. The van der Waals surface area contributed by atoms with Crippen LogP contribution >= 0.6 is 0 Å². The van der Waals surface area contributed by atoms with Crippen molar-refractivity contribution in [1.29, 1.82) is 0 Å². The Morgan fingerprint density at radius 2 is 2.11 bits per heavy atom. The predicted molar refractivity (Wildman–Crippen MR) is 128 cm³/mol. The molecule has 1 aliphatic carbocycles. The third kappa shape index (κ3) is 7.06. The summed E-state index contributed by atoms with van der Waals surface area (Å²) in [5.41, 5.74) is 2.43. The molecule has 1 aromatic heterocycles. The van der Waals surface area contributed by atoms with Gasteiger partial charge < -0.3 is 30.1 Å². The molecular weight excluding hydrogens is 452 g/mol. The Bertz CT molecular complexity index is 919. The number of fused-ring (bicyclic) bond motifs is 1. The van der Waals surface area contributed by atoms with Crippen LogP contribution in [0.1, 0.15) is 56.7 Å². The van der Waals surface area contributed by atoms with Gasteiger partial charge in [0.15, 0.2) is 0 Å². The molecule has 0 spiro atoms. The monoisotopic (exact) mass is 488 g/mol. The van der Waals surface area contributed by atoms with E-state index in [1.54, 1.807) is 4.90 Å². The van der Waals surface area contributed by atoms with Gasteiger partial charge in [-0.25, -0.2) is 14.6 Å². The van der Waals surface area contributed by atoms with Gasteiger partial charge in [0.2, 0.25) is 5.91 Å². The Kier molecular flexibility index (Phi) is 8.43. The number of pyridine rings is 1. The molecule has 1 saturated carbocycles. The van der Waals surface area contributed by atoms with Crippen LogP contribution in [-0.2, 0) is 31.9 Å². The molecule has 0 bridgehead atoms. The van der Waals surface area contributed by atoms with Gasteiger partial charge in [0, 0.05) is 45.2 Å². The number of carbonyl (C=O) groups is 3. The summed E-state index contributed by atoms with van der Waals surface area (Å²) >= 11 is 0. The highest BCUT2D eigenvalue weighted by Gasteiger charge is 2.31. The number of alkyl carbamates (subject to hydrolysis) is 1. The first kappa shape index (κ1) is 25.2. The van der Waals surface area contributed by atoms with Gasteiger partial charge in [-0.3, -0.25) is 4.79 Å². The van der Waals surface area contributed by atoms with E-state index in [0.717, 1.165) is 56.6 Å². The SMILES string of the molecule is CC(=O)N1CCC(OC(=O)NC(CCOC2CC(CCc3ccc4c(n3)NCCC4)C2)C(=O)O)C1. The zero-order valence-corrected chi connectivity index (χ0v) is 20.3. The minimum Gasteiger partial charge on any atom is -0.480 e. The van der Waals surface area contributed by atoms with E-state index in [4.69, 9.17) is 14.5 Å². The summed E-state index contributed by atoms with van der Waals surface area (Å²) < 4.78 is 11.1. The molecule has 10 nitrogen and oxygen atoms in total. The second kappa shape index (κ2) is 11.7. The van der Waals surface area contributed by atoms with E-state index in [1.165, 1.54) is 12.5 Å². The molecule has 192 valence electrons. The number of carbonyl (C=O) groups excluding carboxylic acids is 2. The van der Waals surface area contributed by atoms with E-state index >= 15 is 0 Å². The molecule has 2 amide bonds. The van der Waals surface area contributed by atoms with E-state index in [0.29, 0.717) is 25.4 Å². The molecule has 35 heavy (non-hydrogen) atoms. The molecule has 2 fully saturated rings. The smallest absolute Gasteiger partial charge is 0.408 e. The van der Waals surface area contributed by atoms with Crippen LogP contribution < -0.4 is 10.6 Å². The topological polar surface area (TPSA) is 130 Å². The third-order valence-corrected chi connectivity index (χ3v) is 7.17. The number of nitrogens with one attached hydrogen (secondary N) is 2. The summed E-state index contributed by atoms with van der Waals surface area (Å²) in [6, 6.07) is 3.25. The summed E-state index contributed by atoms with van der Waals surface area (Å²) in [5, 5.41) is 15.2. The Morgan fingerprint density at radius 1 is 1.29 bits per heavy atom. The van der Waals surface area contributed by atoms with Crippen LogP contribution in [0.3, 0.4) is 0 Å². The molecule has 4 rings (SSSR count). The lowest BCUT2D eigenvalue weighted by Gasteiger charge is -2.35. The molecule has 10 heteroatoms. The van der Waals surface area contributed by atoms with Crippen LogP contribution in [0.15, 0.2) is 12.1 Å². The number of carboxylic acids is 1. The highest BCUT2D eigenvalue weighted by molar-refractivity contribution is 5.80. The second-order valence-electron chi connectivity index (χ2n) is 9.81. The minimum atomic E-state index is -1.12. The van der Waals surface area contributed by atoms with Gasteiger partial charge in [0.25, 0.3) is 0 Å². The predicted octanol–water partition coefficient (Wildman–Crippen LogP) is 2.36. The van der Waals surface area contributed by atoms with Crippen molar-refractivity contribution in [2.75, 3.05) is 31.6 Å². The quantitative estimate of drug-likeness (QED) is 0.458. The van der Waals surface area contributed by atoms with Gasteiger partial charge in [-0.15, -0.1) is 0 Å². The lowest BCUT2D eigenvalue weighted by Crippen LogP contribution is -2.43. The summed E-state index contributed by atoms with van der Waals surface area (Å²) in [6.45, 7) is 3.59. The van der Waals surface area contributed by atoms with Crippen LogP contribution in [0.4, 0.5) is 10.6 Å². The van der Waals surface area contributed by atoms with E-state index in [2.05, 4.69) is 22.8 Å². The Hall–Kier alpha value is -2.88. The van der Waals surface area contributed by atoms with E-state index < -0.39 is 24.2 Å². The number of aryl methyl sites for hydroxylation is 2. The van der Waals surface area contributed by atoms with Gasteiger partial charge in [0.1, 0.15) is 18.0 Å². The maximum Gasteiger partial charge on any atom is 0.408 e.